The minimum atomic E-state index is -3.80. The van der Waals surface area contributed by atoms with Gasteiger partial charge in [-0.05, 0) is 67.1 Å². The third-order valence-corrected chi connectivity index (χ3v) is 6.20. The number of hydrogen-bond donors (Lipinski definition) is 2. The summed E-state index contributed by atoms with van der Waals surface area (Å²) in [5.74, 6) is 1.66. The summed E-state index contributed by atoms with van der Waals surface area (Å²) in [5, 5.41) is 2.71. The molecule has 0 aliphatic carbocycles. The van der Waals surface area contributed by atoms with Crippen LogP contribution in [0.15, 0.2) is 65.6 Å². The molecule has 1 amide bonds. The maximum atomic E-state index is 12.7. The second-order valence-electron chi connectivity index (χ2n) is 7.17. The number of hydrogen-bond acceptors (Lipinski definition) is 7. The van der Waals surface area contributed by atoms with Crippen LogP contribution in [-0.4, -0.2) is 42.3 Å². The van der Waals surface area contributed by atoms with Crippen molar-refractivity contribution in [1.29, 1.82) is 0 Å². The molecule has 34 heavy (non-hydrogen) atoms. The fourth-order valence-electron chi connectivity index (χ4n) is 3.08. The highest BCUT2D eigenvalue weighted by molar-refractivity contribution is 7.92. The van der Waals surface area contributed by atoms with Gasteiger partial charge in [-0.25, -0.2) is 8.42 Å². The Balaban J connectivity index is 1.62. The van der Waals surface area contributed by atoms with Gasteiger partial charge in [0.25, 0.3) is 15.9 Å². The van der Waals surface area contributed by atoms with Gasteiger partial charge in [-0.15, -0.1) is 0 Å². The number of nitrogens with one attached hydrogen (secondary N) is 2. The average molecular weight is 487 g/mol. The van der Waals surface area contributed by atoms with Crippen LogP contribution in [0.1, 0.15) is 5.56 Å². The van der Waals surface area contributed by atoms with Crippen LogP contribution in [-0.2, 0) is 14.8 Å². The first-order chi connectivity index (χ1) is 16.2. The van der Waals surface area contributed by atoms with E-state index < -0.39 is 10.0 Å². The van der Waals surface area contributed by atoms with E-state index in [0.29, 0.717) is 39.9 Å². The summed E-state index contributed by atoms with van der Waals surface area (Å²) in [5.41, 5.74) is 1.50. The molecule has 0 aliphatic heterocycles. The Kier molecular flexibility index (Phi) is 7.85. The molecule has 0 bridgehead atoms. The van der Waals surface area contributed by atoms with Gasteiger partial charge in [0.1, 0.15) is 11.5 Å². The largest absolute Gasteiger partial charge is 0.497 e. The summed E-state index contributed by atoms with van der Waals surface area (Å²) in [7, 11) is 0.760. The fraction of sp³-hybridized carbons (Fsp3) is 0.208. The minimum absolute atomic E-state index is 0.0722. The molecule has 0 atom stereocenters. The first-order valence-corrected chi connectivity index (χ1v) is 11.7. The molecule has 0 radical (unpaired) electrons. The summed E-state index contributed by atoms with van der Waals surface area (Å²) < 4.78 is 49.0. The molecule has 0 aliphatic rings. The summed E-state index contributed by atoms with van der Waals surface area (Å²) in [6.07, 6.45) is 0. The van der Waals surface area contributed by atoms with Gasteiger partial charge in [-0.3, -0.25) is 9.52 Å². The van der Waals surface area contributed by atoms with Crippen molar-refractivity contribution in [3.8, 4) is 23.0 Å². The normalized spacial score (nSPS) is 10.8. The lowest BCUT2D eigenvalue weighted by Gasteiger charge is -2.13. The van der Waals surface area contributed by atoms with E-state index >= 15 is 0 Å². The lowest BCUT2D eigenvalue weighted by molar-refractivity contribution is -0.118. The predicted octanol–water partition coefficient (Wildman–Crippen LogP) is 3.84. The van der Waals surface area contributed by atoms with Crippen molar-refractivity contribution in [3.63, 3.8) is 0 Å². The average Bonchev–Trinajstić information content (AvgIpc) is 2.83. The fourth-order valence-corrected chi connectivity index (χ4v) is 4.22. The molecule has 9 nitrogen and oxygen atoms in total. The predicted molar refractivity (Wildman–Crippen MR) is 129 cm³/mol. The van der Waals surface area contributed by atoms with Crippen LogP contribution in [0, 0.1) is 6.92 Å². The second-order valence-corrected chi connectivity index (χ2v) is 8.85. The number of rotatable bonds is 10. The molecule has 180 valence electrons. The summed E-state index contributed by atoms with van der Waals surface area (Å²) in [6, 6.07) is 15.9. The monoisotopic (exact) mass is 486 g/mol. The first kappa shape index (κ1) is 24.7. The lowest BCUT2D eigenvalue weighted by Crippen LogP contribution is -2.20. The number of benzene rings is 3. The van der Waals surface area contributed by atoms with Crippen molar-refractivity contribution in [3.05, 3.63) is 66.2 Å². The minimum Gasteiger partial charge on any atom is -0.497 e. The van der Waals surface area contributed by atoms with Crippen molar-refractivity contribution in [2.75, 3.05) is 38.0 Å². The molecule has 0 fully saturated rings. The van der Waals surface area contributed by atoms with Gasteiger partial charge in [-0.2, -0.15) is 0 Å². The number of methoxy groups -OCH3 is 3. The third-order valence-electron chi connectivity index (χ3n) is 4.82. The third kappa shape index (κ3) is 6.10. The molecule has 0 aromatic heterocycles. The topological polar surface area (TPSA) is 112 Å². The molecular formula is C24H26N2O7S. The van der Waals surface area contributed by atoms with Gasteiger partial charge in [0.15, 0.2) is 18.1 Å². The highest BCUT2D eigenvalue weighted by Crippen LogP contribution is 2.30. The SMILES string of the molecule is COc1ccc(NS(=O)(=O)c2ccc(OCC(=O)Nc3ccc(OC)c(OC)c3)c(C)c2)cc1. The summed E-state index contributed by atoms with van der Waals surface area (Å²) in [6.45, 7) is 1.44. The van der Waals surface area contributed by atoms with E-state index in [-0.39, 0.29) is 17.4 Å². The van der Waals surface area contributed by atoms with Crippen molar-refractivity contribution in [2.24, 2.45) is 0 Å². The second kappa shape index (κ2) is 10.8. The number of sulfonamides is 1. The van der Waals surface area contributed by atoms with Gasteiger partial charge in [-0.1, -0.05) is 0 Å². The van der Waals surface area contributed by atoms with Gasteiger partial charge in [0.2, 0.25) is 0 Å². The van der Waals surface area contributed by atoms with Crippen LogP contribution in [0.25, 0.3) is 0 Å². The molecule has 3 aromatic rings. The molecule has 2 N–H and O–H groups in total. The molecular weight excluding hydrogens is 460 g/mol. The molecule has 0 saturated heterocycles. The zero-order valence-corrected chi connectivity index (χ0v) is 20.1. The van der Waals surface area contributed by atoms with Gasteiger partial charge < -0.3 is 24.3 Å². The van der Waals surface area contributed by atoms with E-state index in [9.17, 15) is 13.2 Å². The smallest absolute Gasteiger partial charge is 0.262 e. The summed E-state index contributed by atoms with van der Waals surface area (Å²) in [4.78, 5) is 12.4. The van der Waals surface area contributed by atoms with Crippen LogP contribution in [0.2, 0.25) is 0 Å². The zero-order valence-electron chi connectivity index (χ0n) is 19.2. The van der Waals surface area contributed by atoms with Crippen LogP contribution in [0.4, 0.5) is 11.4 Å². The van der Waals surface area contributed by atoms with Crippen LogP contribution >= 0.6 is 0 Å². The maximum absolute atomic E-state index is 12.7. The van der Waals surface area contributed by atoms with Crippen LogP contribution in [0.5, 0.6) is 23.0 Å². The number of ether oxygens (including phenoxy) is 4. The first-order valence-electron chi connectivity index (χ1n) is 10.2. The molecule has 0 spiro atoms. The van der Waals surface area contributed by atoms with E-state index in [1.54, 1.807) is 49.4 Å². The zero-order chi connectivity index (χ0) is 24.7. The van der Waals surface area contributed by atoms with Crippen molar-refractivity contribution in [1.82, 2.24) is 0 Å². The molecule has 0 unspecified atom stereocenters. The number of anilines is 2. The quantitative estimate of drug-likeness (QED) is 0.448. The standard InChI is InChI=1S/C24H26N2O7S/c1-16-13-20(34(28,29)26-17-5-8-19(30-2)9-6-17)10-12-21(16)33-15-24(27)25-18-7-11-22(31-3)23(14-18)32-4/h5-14,26H,15H2,1-4H3,(H,25,27). The Morgan fingerprint density at radius 2 is 1.44 bits per heavy atom. The van der Waals surface area contributed by atoms with Gasteiger partial charge >= 0.3 is 0 Å². The Hall–Kier alpha value is -3.92. The Morgan fingerprint density at radius 1 is 0.794 bits per heavy atom. The van der Waals surface area contributed by atoms with Crippen molar-refractivity contribution >= 4 is 27.3 Å². The number of carbonyl (C=O) groups is 1. The van der Waals surface area contributed by atoms with E-state index in [1.165, 1.54) is 39.5 Å². The Bertz CT molecular complexity index is 1260. The highest BCUT2D eigenvalue weighted by Gasteiger charge is 2.16. The van der Waals surface area contributed by atoms with E-state index in [0.717, 1.165) is 0 Å². The molecule has 3 aromatic carbocycles. The lowest BCUT2D eigenvalue weighted by atomic mass is 10.2. The maximum Gasteiger partial charge on any atom is 0.262 e. The van der Waals surface area contributed by atoms with Gasteiger partial charge in [0, 0.05) is 17.4 Å². The van der Waals surface area contributed by atoms with E-state index in [4.69, 9.17) is 18.9 Å². The number of carbonyl (C=O) groups excluding carboxylic acids is 1. The summed E-state index contributed by atoms with van der Waals surface area (Å²) >= 11 is 0. The van der Waals surface area contributed by atoms with Crippen molar-refractivity contribution in [2.45, 2.75) is 11.8 Å². The molecule has 10 heteroatoms. The number of aryl methyl sites for hydroxylation is 1. The van der Waals surface area contributed by atoms with Gasteiger partial charge in [0.05, 0.1) is 26.2 Å². The van der Waals surface area contributed by atoms with Crippen molar-refractivity contribution < 1.29 is 32.2 Å². The van der Waals surface area contributed by atoms with Crippen LogP contribution < -0.4 is 29.0 Å². The Morgan fingerprint density at radius 3 is 2.06 bits per heavy atom. The van der Waals surface area contributed by atoms with E-state index in [1.807, 2.05) is 0 Å². The highest BCUT2D eigenvalue weighted by atomic mass is 32.2. The molecule has 3 rings (SSSR count). The molecule has 0 heterocycles. The number of amides is 1. The Labute approximate surface area is 198 Å². The molecule has 0 saturated carbocycles. The van der Waals surface area contributed by atoms with E-state index in [2.05, 4.69) is 10.0 Å². The van der Waals surface area contributed by atoms with Crippen LogP contribution in [0.3, 0.4) is 0 Å².